The maximum Gasteiger partial charge on any atom is 0.245 e. The Kier molecular flexibility index (Phi) is 5.19. The molecule has 0 radical (unpaired) electrons. The van der Waals surface area contributed by atoms with Crippen LogP contribution in [0.3, 0.4) is 0 Å². The summed E-state index contributed by atoms with van der Waals surface area (Å²) in [5.41, 5.74) is 0.0323. The van der Waals surface area contributed by atoms with E-state index in [1.807, 2.05) is 13.8 Å². The van der Waals surface area contributed by atoms with Crippen LogP contribution in [0.5, 0.6) is 0 Å². The molecule has 1 atom stereocenters. The van der Waals surface area contributed by atoms with Gasteiger partial charge in [0.1, 0.15) is 5.82 Å². The fourth-order valence-electron chi connectivity index (χ4n) is 2.88. The van der Waals surface area contributed by atoms with Crippen LogP contribution in [0.25, 0.3) is 0 Å². The molecule has 5 heteroatoms. The highest BCUT2D eigenvalue weighted by atomic mass is 19.1. The zero-order valence-electron chi connectivity index (χ0n) is 13.6. The maximum absolute atomic E-state index is 13.4. The van der Waals surface area contributed by atoms with Crippen molar-refractivity contribution in [3.8, 4) is 0 Å². The normalized spacial score (nSPS) is 18.4. The van der Waals surface area contributed by atoms with Gasteiger partial charge in [-0.2, -0.15) is 0 Å². The summed E-state index contributed by atoms with van der Waals surface area (Å²) in [5, 5.41) is 2.98. The quantitative estimate of drug-likeness (QED) is 0.868. The monoisotopic (exact) mass is 318 g/mol. The fraction of sp³-hybridized carbons (Fsp3) is 0.444. The number of hydrogen-bond donors (Lipinski definition) is 1. The van der Waals surface area contributed by atoms with Gasteiger partial charge in [-0.1, -0.05) is 18.7 Å². The van der Waals surface area contributed by atoms with E-state index in [1.54, 1.807) is 17.0 Å². The minimum absolute atomic E-state index is 0.110. The third kappa shape index (κ3) is 4.18. The molecule has 0 aliphatic carbocycles. The number of carbonyl (C=O) groups excluding carboxylic acids is 2. The second-order valence-corrected chi connectivity index (χ2v) is 6.45. The van der Waals surface area contributed by atoms with Crippen molar-refractivity contribution in [3.63, 3.8) is 0 Å². The lowest BCUT2D eigenvalue weighted by atomic mass is 9.91. The average Bonchev–Trinajstić information content (AvgIpc) is 2.54. The van der Waals surface area contributed by atoms with Crippen LogP contribution >= 0.6 is 0 Å². The first-order valence-corrected chi connectivity index (χ1v) is 7.83. The van der Waals surface area contributed by atoms with E-state index in [0.717, 1.165) is 12.8 Å². The summed E-state index contributed by atoms with van der Waals surface area (Å²) in [6.45, 7) is 8.22. The molecule has 0 aromatic heterocycles. The van der Waals surface area contributed by atoms with E-state index in [2.05, 4.69) is 11.9 Å². The highest BCUT2D eigenvalue weighted by Crippen LogP contribution is 2.23. The minimum atomic E-state index is -0.677. The predicted octanol–water partition coefficient (Wildman–Crippen LogP) is 2.60. The van der Waals surface area contributed by atoms with Crippen molar-refractivity contribution in [2.45, 2.75) is 32.2 Å². The second kappa shape index (κ2) is 6.94. The smallest absolute Gasteiger partial charge is 0.245 e. The van der Waals surface area contributed by atoms with E-state index in [9.17, 15) is 14.0 Å². The minimum Gasteiger partial charge on any atom is -0.347 e. The molecule has 2 amide bonds. The Morgan fingerprint density at radius 1 is 1.43 bits per heavy atom. The molecular formula is C18H23FN2O2. The molecule has 1 aromatic carbocycles. The van der Waals surface area contributed by atoms with Crippen LogP contribution in [0.2, 0.25) is 0 Å². The highest BCUT2D eigenvalue weighted by Gasteiger charge is 2.31. The summed E-state index contributed by atoms with van der Waals surface area (Å²) in [4.78, 5) is 25.9. The van der Waals surface area contributed by atoms with Gasteiger partial charge in [-0.3, -0.25) is 9.59 Å². The first-order valence-electron chi connectivity index (χ1n) is 7.83. The Morgan fingerprint density at radius 3 is 2.83 bits per heavy atom. The summed E-state index contributed by atoms with van der Waals surface area (Å²) < 4.78 is 13.4. The van der Waals surface area contributed by atoms with Crippen LogP contribution in [0, 0.1) is 11.7 Å². The zero-order valence-corrected chi connectivity index (χ0v) is 13.6. The molecule has 0 saturated carbocycles. The lowest BCUT2D eigenvalue weighted by molar-refractivity contribution is -0.133. The molecule has 1 unspecified atom stereocenters. The van der Waals surface area contributed by atoms with Crippen LogP contribution in [-0.2, 0) is 15.1 Å². The Morgan fingerprint density at radius 2 is 2.17 bits per heavy atom. The number of nitrogens with zero attached hydrogens (tertiary/aromatic N) is 1. The van der Waals surface area contributed by atoms with Crippen LogP contribution in [0.1, 0.15) is 32.3 Å². The van der Waals surface area contributed by atoms with Gasteiger partial charge in [0.15, 0.2) is 0 Å². The first-order chi connectivity index (χ1) is 10.8. The fourth-order valence-corrected chi connectivity index (χ4v) is 2.88. The molecule has 23 heavy (non-hydrogen) atoms. The van der Waals surface area contributed by atoms with Crippen LogP contribution in [-0.4, -0.2) is 29.8 Å². The van der Waals surface area contributed by atoms with Gasteiger partial charge >= 0.3 is 0 Å². The Labute approximate surface area is 136 Å². The van der Waals surface area contributed by atoms with Crippen LogP contribution < -0.4 is 5.32 Å². The summed E-state index contributed by atoms with van der Waals surface area (Å²) in [5.74, 6) is -0.835. The number of hydrogen-bond acceptors (Lipinski definition) is 2. The van der Waals surface area contributed by atoms with Crippen molar-refractivity contribution in [3.05, 3.63) is 48.3 Å². The van der Waals surface area contributed by atoms with E-state index in [1.165, 1.54) is 18.2 Å². The number of piperidine rings is 1. The molecule has 1 fully saturated rings. The number of halogens is 1. The Hall–Kier alpha value is -2.17. The molecule has 1 aromatic rings. The molecule has 0 spiro atoms. The standard InChI is InChI=1S/C18H23FN2O2/c1-4-16(22)21-10-6-7-13(12-21)17(23)20-18(2,3)14-8-5-9-15(19)11-14/h4-5,8-9,11,13H,1,6-7,10,12H2,2-3H3,(H,20,23). The van der Waals surface area contributed by atoms with Crippen LogP contribution in [0.15, 0.2) is 36.9 Å². The number of rotatable bonds is 4. The third-order valence-electron chi connectivity index (χ3n) is 4.26. The van der Waals surface area contributed by atoms with Gasteiger partial charge in [-0.05, 0) is 50.5 Å². The molecular weight excluding hydrogens is 295 g/mol. The predicted molar refractivity (Wildman–Crippen MR) is 87.1 cm³/mol. The Bertz CT molecular complexity index is 613. The molecule has 2 rings (SSSR count). The van der Waals surface area contributed by atoms with Crippen molar-refractivity contribution >= 4 is 11.8 Å². The van der Waals surface area contributed by atoms with Gasteiger partial charge in [0.25, 0.3) is 0 Å². The van der Waals surface area contributed by atoms with Crippen molar-refractivity contribution in [2.24, 2.45) is 5.92 Å². The average molecular weight is 318 g/mol. The van der Waals surface area contributed by atoms with Gasteiger partial charge in [0.05, 0.1) is 11.5 Å². The number of nitrogens with one attached hydrogen (secondary N) is 1. The number of benzene rings is 1. The van der Waals surface area contributed by atoms with Gasteiger partial charge in [-0.25, -0.2) is 4.39 Å². The summed E-state index contributed by atoms with van der Waals surface area (Å²) in [6.07, 6.45) is 2.81. The topological polar surface area (TPSA) is 49.4 Å². The summed E-state index contributed by atoms with van der Waals surface area (Å²) in [6, 6.07) is 6.22. The molecule has 1 aliphatic heterocycles. The second-order valence-electron chi connectivity index (χ2n) is 6.45. The van der Waals surface area contributed by atoms with E-state index < -0.39 is 5.54 Å². The van der Waals surface area contributed by atoms with Crippen molar-refractivity contribution in [1.29, 1.82) is 0 Å². The van der Waals surface area contributed by atoms with Gasteiger partial charge in [-0.15, -0.1) is 0 Å². The lowest BCUT2D eigenvalue weighted by Gasteiger charge is -2.34. The number of amides is 2. The van der Waals surface area contributed by atoms with Gasteiger partial charge < -0.3 is 10.2 Å². The number of likely N-dealkylation sites (tertiary alicyclic amines) is 1. The molecule has 1 heterocycles. The van der Waals surface area contributed by atoms with Gasteiger partial charge in [0, 0.05) is 13.1 Å². The maximum atomic E-state index is 13.4. The molecule has 1 aliphatic rings. The van der Waals surface area contributed by atoms with Crippen LogP contribution in [0.4, 0.5) is 4.39 Å². The largest absolute Gasteiger partial charge is 0.347 e. The molecule has 124 valence electrons. The third-order valence-corrected chi connectivity index (χ3v) is 4.26. The summed E-state index contributed by atoms with van der Waals surface area (Å²) >= 11 is 0. The van der Waals surface area contributed by atoms with E-state index >= 15 is 0 Å². The molecule has 4 nitrogen and oxygen atoms in total. The number of carbonyl (C=O) groups is 2. The zero-order chi connectivity index (χ0) is 17.0. The SMILES string of the molecule is C=CC(=O)N1CCCC(C(=O)NC(C)(C)c2cccc(F)c2)C1. The lowest BCUT2D eigenvalue weighted by Crippen LogP contribution is -2.49. The van der Waals surface area contributed by atoms with E-state index in [0.29, 0.717) is 18.7 Å². The Balaban J connectivity index is 2.05. The first kappa shape index (κ1) is 17.2. The highest BCUT2D eigenvalue weighted by molar-refractivity contribution is 5.88. The summed E-state index contributed by atoms with van der Waals surface area (Å²) in [7, 11) is 0. The van der Waals surface area contributed by atoms with Crippen molar-refractivity contribution < 1.29 is 14.0 Å². The van der Waals surface area contributed by atoms with E-state index in [4.69, 9.17) is 0 Å². The van der Waals surface area contributed by atoms with E-state index in [-0.39, 0.29) is 23.5 Å². The van der Waals surface area contributed by atoms with Crippen molar-refractivity contribution in [1.82, 2.24) is 10.2 Å². The molecule has 1 saturated heterocycles. The van der Waals surface area contributed by atoms with Gasteiger partial charge in [0.2, 0.25) is 11.8 Å². The van der Waals surface area contributed by atoms with Crippen molar-refractivity contribution in [2.75, 3.05) is 13.1 Å². The molecule has 1 N–H and O–H groups in total. The molecule has 0 bridgehead atoms.